The largest absolute Gasteiger partial charge is 0.396 e. The second-order valence-electron chi connectivity index (χ2n) is 12.6. The third-order valence-corrected chi connectivity index (χ3v) is 11.2. The maximum absolute atomic E-state index is 11.4. The van der Waals surface area contributed by atoms with Gasteiger partial charge in [0.05, 0.1) is 12.2 Å². The molecule has 10 atom stereocenters. The fourth-order valence-corrected chi connectivity index (χ4v) is 9.35. The Bertz CT molecular complexity index is 606. The minimum Gasteiger partial charge on any atom is -0.396 e. The Morgan fingerprint density at radius 3 is 2.23 bits per heavy atom. The second-order valence-corrected chi connectivity index (χ2v) is 12.6. The normalized spacial score (nSPS) is 48.2. The van der Waals surface area contributed by atoms with Crippen LogP contribution in [-0.2, 0) is 0 Å². The summed E-state index contributed by atoms with van der Waals surface area (Å²) >= 11 is 0. The van der Waals surface area contributed by atoms with Gasteiger partial charge in [0, 0.05) is 19.1 Å². The smallest absolute Gasteiger partial charge is 0.0577 e. The number of fused-ring (bicyclic) bond motifs is 5. The van der Waals surface area contributed by atoms with E-state index in [4.69, 9.17) is 0 Å². The lowest BCUT2D eigenvalue weighted by Crippen LogP contribution is -2.58. The number of rotatable bonds is 7. The summed E-state index contributed by atoms with van der Waals surface area (Å²) in [4.78, 5) is 0. The molecule has 0 heterocycles. The van der Waals surface area contributed by atoms with Crippen LogP contribution in [0.3, 0.4) is 0 Å². The molecule has 4 aliphatic rings. The maximum atomic E-state index is 11.4. The molecule has 0 aromatic heterocycles. The van der Waals surface area contributed by atoms with Crippen molar-refractivity contribution in [3.05, 3.63) is 0 Å². The maximum Gasteiger partial charge on any atom is 0.0577 e. The lowest BCUT2D eigenvalue weighted by atomic mass is 9.43. The van der Waals surface area contributed by atoms with Crippen LogP contribution in [-0.4, -0.2) is 45.8 Å². The highest BCUT2D eigenvalue weighted by molar-refractivity contribution is 5.11. The van der Waals surface area contributed by atoms with Gasteiger partial charge in [-0.25, -0.2) is 0 Å². The summed E-state index contributed by atoms with van der Waals surface area (Å²) in [6.45, 7) is 7.63. The Hall–Kier alpha value is -0.160. The van der Waals surface area contributed by atoms with E-state index >= 15 is 0 Å². The third kappa shape index (κ3) is 4.13. The second kappa shape index (κ2) is 9.24. The van der Waals surface area contributed by atoms with Crippen LogP contribution >= 0.6 is 0 Å². The van der Waals surface area contributed by atoms with Gasteiger partial charge < -0.3 is 20.4 Å². The Morgan fingerprint density at radius 2 is 1.52 bits per heavy atom. The fourth-order valence-electron chi connectivity index (χ4n) is 9.35. The molecular formula is C27H48O4. The van der Waals surface area contributed by atoms with Gasteiger partial charge >= 0.3 is 0 Å². The molecule has 4 aliphatic carbocycles. The van der Waals surface area contributed by atoms with Gasteiger partial charge in [0.1, 0.15) is 0 Å². The Balaban J connectivity index is 1.45. The SMILES string of the molecule is CC(CCCC(CO)CO)C1CCC2C3C(O)CC4CC(O)CCC4(C)C3CCC12C. The molecule has 0 bridgehead atoms. The molecule has 0 spiro atoms. The minimum atomic E-state index is -0.193. The Morgan fingerprint density at radius 1 is 0.839 bits per heavy atom. The predicted octanol–water partition coefficient (Wildman–Crippen LogP) is 4.38. The molecule has 180 valence electrons. The van der Waals surface area contributed by atoms with Gasteiger partial charge in [-0.05, 0) is 104 Å². The van der Waals surface area contributed by atoms with Crippen molar-refractivity contribution in [2.24, 2.45) is 52.3 Å². The highest BCUT2D eigenvalue weighted by atomic mass is 16.3. The van der Waals surface area contributed by atoms with E-state index in [0.717, 1.165) is 44.4 Å². The van der Waals surface area contributed by atoms with Crippen LogP contribution in [0.2, 0.25) is 0 Å². The molecular weight excluding hydrogens is 388 g/mol. The molecule has 4 saturated carbocycles. The molecule has 31 heavy (non-hydrogen) atoms. The average molecular weight is 437 g/mol. The first-order valence-electron chi connectivity index (χ1n) is 13.3. The van der Waals surface area contributed by atoms with E-state index in [-0.39, 0.29) is 31.3 Å². The standard InChI is InChI=1S/C27H48O4/c1-17(5-4-6-18(15-28)16-29)21-7-8-22-25-23(10-12-27(21,22)3)26(2)11-9-20(30)13-19(26)14-24(25)31/h17-25,28-31H,4-16H2,1-3H3. The molecule has 4 nitrogen and oxygen atoms in total. The molecule has 0 amide bonds. The molecule has 0 aromatic rings. The van der Waals surface area contributed by atoms with Crippen LogP contribution in [0, 0.1) is 52.3 Å². The Labute approximate surface area is 189 Å². The molecule has 4 heteroatoms. The summed E-state index contributed by atoms with van der Waals surface area (Å²) in [5.41, 5.74) is 0.643. The van der Waals surface area contributed by atoms with Crippen LogP contribution in [0.4, 0.5) is 0 Å². The van der Waals surface area contributed by atoms with Crippen molar-refractivity contribution in [2.75, 3.05) is 13.2 Å². The van der Waals surface area contributed by atoms with Gasteiger partial charge in [0.15, 0.2) is 0 Å². The number of hydrogen-bond donors (Lipinski definition) is 4. The lowest BCUT2D eigenvalue weighted by Gasteiger charge is -2.62. The zero-order chi connectivity index (χ0) is 22.4. The summed E-state index contributed by atoms with van der Waals surface area (Å²) in [6, 6.07) is 0. The first kappa shape index (κ1) is 24.0. The number of aliphatic hydroxyl groups excluding tert-OH is 4. The van der Waals surface area contributed by atoms with Crippen molar-refractivity contribution >= 4 is 0 Å². The fraction of sp³-hybridized carbons (Fsp3) is 1.00. The Kier molecular flexibility index (Phi) is 7.14. The summed E-state index contributed by atoms with van der Waals surface area (Å²) in [7, 11) is 0. The first-order valence-corrected chi connectivity index (χ1v) is 13.3. The first-order chi connectivity index (χ1) is 14.7. The molecule has 4 fully saturated rings. The van der Waals surface area contributed by atoms with Crippen LogP contribution < -0.4 is 0 Å². The van der Waals surface area contributed by atoms with E-state index in [0.29, 0.717) is 40.4 Å². The highest BCUT2D eigenvalue weighted by Crippen LogP contribution is 2.68. The van der Waals surface area contributed by atoms with E-state index in [1.165, 1.54) is 32.1 Å². The lowest BCUT2D eigenvalue weighted by molar-refractivity contribution is -0.174. The van der Waals surface area contributed by atoms with E-state index in [1.807, 2.05) is 0 Å². The monoisotopic (exact) mass is 436 g/mol. The number of hydrogen-bond acceptors (Lipinski definition) is 4. The van der Waals surface area contributed by atoms with Gasteiger partial charge in [-0.2, -0.15) is 0 Å². The zero-order valence-corrected chi connectivity index (χ0v) is 20.2. The predicted molar refractivity (Wildman–Crippen MR) is 123 cm³/mol. The van der Waals surface area contributed by atoms with Crippen molar-refractivity contribution < 1.29 is 20.4 Å². The molecule has 0 aromatic carbocycles. The molecule has 0 radical (unpaired) electrons. The summed E-state index contributed by atoms with van der Waals surface area (Å²) in [5.74, 6) is 3.62. The van der Waals surface area contributed by atoms with Crippen molar-refractivity contribution in [1.82, 2.24) is 0 Å². The van der Waals surface area contributed by atoms with Crippen molar-refractivity contribution in [3.63, 3.8) is 0 Å². The van der Waals surface area contributed by atoms with Gasteiger partial charge in [-0.15, -0.1) is 0 Å². The number of aliphatic hydroxyl groups is 4. The van der Waals surface area contributed by atoms with Crippen LogP contribution in [0.15, 0.2) is 0 Å². The minimum absolute atomic E-state index is 0.0367. The summed E-state index contributed by atoms with van der Waals surface area (Å²) in [5, 5.41) is 40.3. The quantitative estimate of drug-likeness (QED) is 0.477. The van der Waals surface area contributed by atoms with Crippen LogP contribution in [0.25, 0.3) is 0 Å². The van der Waals surface area contributed by atoms with Gasteiger partial charge in [0.25, 0.3) is 0 Å². The topological polar surface area (TPSA) is 80.9 Å². The van der Waals surface area contributed by atoms with E-state index in [1.54, 1.807) is 0 Å². The highest BCUT2D eigenvalue weighted by Gasteiger charge is 2.62. The average Bonchev–Trinajstić information content (AvgIpc) is 3.09. The van der Waals surface area contributed by atoms with Crippen LogP contribution in [0.1, 0.15) is 91.4 Å². The third-order valence-electron chi connectivity index (χ3n) is 11.2. The molecule has 10 unspecified atom stereocenters. The van der Waals surface area contributed by atoms with E-state index in [9.17, 15) is 20.4 Å². The van der Waals surface area contributed by atoms with Crippen molar-refractivity contribution in [2.45, 2.75) is 104 Å². The van der Waals surface area contributed by atoms with Crippen molar-refractivity contribution in [3.8, 4) is 0 Å². The van der Waals surface area contributed by atoms with Gasteiger partial charge in [-0.3, -0.25) is 0 Å². The van der Waals surface area contributed by atoms with Gasteiger partial charge in [-0.1, -0.05) is 33.6 Å². The van der Waals surface area contributed by atoms with Crippen molar-refractivity contribution in [1.29, 1.82) is 0 Å². The molecule has 4 rings (SSSR count). The summed E-state index contributed by atoms with van der Waals surface area (Å²) in [6.07, 6.45) is 11.8. The zero-order valence-electron chi connectivity index (χ0n) is 20.2. The van der Waals surface area contributed by atoms with Crippen LogP contribution in [0.5, 0.6) is 0 Å². The van der Waals surface area contributed by atoms with E-state index in [2.05, 4.69) is 20.8 Å². The van der Waals surface area contributed by atoms with Gasteiger partial charge in [0.2, 0.25) is 0 Å². The molecule has 0 saturated heterocycles. The molecule has 4 N–H and O–H groups in total. The molecule has 0 aliphatic heterocycles. The summed E-state index contributed by atoms with van der Waals surface area (Å²) < 4.78 is 0. The van der Waals surface area contributed by atoms with E-state index < -0.39 is 0 Å².